The van der Waals surface area contributed by atoms with Gasteiger partial charge in [-0.15, -0.1) is 0 Å². The van der Waals surface area contributed by atoms with E-state index in [2.05, 4.69) is 43.4 Å². The molecule has 0 saturated heterocycles. The standard InChI is InChI=1S/C15H21NO/c1-4-13(16-3)6-7-14-10-12-9-11(2)5-8-15(12)17-14/h5,8-10,13,16H,4,6-7H2,1-3H3. The molecule has 1 unspecified atom stereocenters. The summed E-state index contributed by atoms with van der Waals surface area (Å²) in [5.41, 5.74) is 2.29. The van der Waals surface area contributed by atoms with E-state index in [9.17, 15) is 0 Å². The lowest BCUT2D eigenvalue weighted by atomic mass is 10.1. The molecule has 0 aliphatic heterocycles. The molecule has 0 radical (unpaired) electrons. The molecule has 0 aliphatic rings. The van der Waals surface area contributed by atoms with Crippen molar-refractivity contribution in [1.82, 2.24) is 5.32 Å². The van der Waals surface area contributed by atoms with E-state index in [1.165, 1.54) is 10.9 Å². The van der Waals surface area contributed by atoms with Gasteiger partial charge in [0.05, 0.1) is 0 Å². The Kier molecular flexibility index (Phi) is 3.85. The molecule has 2 heteroatoms. The lowest BCUT2D eigenvalue weighted by Crippen LogP contribution is -2.24. The van der Waals surface area contributed by atoms with Crippen LogP contribution in [0, 0.1) is 6.92 Å². The highest BCUT2D eigenvalue weighted by atomic mass is 16.3. The van der Waals surface area contributed by atoms with E-state index in [4.69, 9.17) is 4.42 Å². The van der Waals surface area contributed by atoms with E-state index >= 15 is 0 Å². The molecule has 0 fully saturated rings. The summed E-state index contributed by atoms with van der Waals surface area (Å²) < 4.78 is 5.83. The SMILES string of the molecule is CCC(CCc1cc2cc(C)ccc2o1)NC. The third-order valence-electron chi connectivity index (χ3n) is 3.36. The van der Waals surface area contributed by atoms with Gasteiger partial charge in [0.25, 0.3) is 0 Å². The molecule has 92 valence electrons. The van der Waals surface area contributed by atoms with Gasteiger partial charge in [0.1, 0.15) is 11.3 Å². The molecule has 0 aliphatic carbocycles. The van der Waals surface area contributed by atoms with Gasteiger partial charge in [-0.25, -0.2) is 0 Å². The molecule has 0 bridgehead atoms. The minimum atomic E-state index is 0.588. The van der Waals surface area contributed by atoms with Crippen molar-refractivity contribution in [2.45, 2.75) is 39.2 Å². The number of hydrogen-bond donors (Lipinski definition) is 1. The van der Waals surface area contributed by atoms with E-state index in [0.717, 1.165) is 30.6 Å². The Bertz CT molecular complexity index is 483. The van der Waals surface area contributed by atoms with E-state index in [1.807, 2.05) is 7.05 Å². The van der Waals surface area contributed by atoms with Crippen molar-refractivity contribution in [2.75, 3.05) is 7.05 Å². The first kappa shape index (κ1) is 12.2. The van der Waals surface area contributed by atoms with Crippen molar-refractivity contribution < 1.29 is 4.42 Å². The first-order chi connectivity index (χ1) is 8.22. The highest BCUT2D eigenvalue weighted by Gasteiger charge is 2.07. The summed E-state index contributed by atoms with van der Waals surface area (Å²) in [6, 6.07) is 9.09. The lowest BCUT2D eigenvalue weighted by molar-refractivity contribution is 0.469. The van der Waals surface area contributed by atoms with E-state index in [-0.39, 0.29) is 0 Å². The first-order valence-electron chi connectivity index (χ1n) is 6.39. The van der Waals surface area contributed by atoms with Crippen LogP contribution in [0.3, 0.4) is 0 Å². The molecule has 17 heavy (non-hydrogen) atoms. The second-order valence-corrected chi connectivity index (χ2v) is 4.69. The predicted molar refractivity (Wildman–Crippen MR) is 72.4 cm³/mol. The number of nitrogens with one attached hydrogen (secondary N) is 1. The molecule has 1 heterocycles. The van der Waals surface area contributed by atoms with Crippen LogP contribution in [-0.2, 0) is 6.42 Å². The topological polar surface area (TPSA) is 25.2 Å². The van der Waals surface area contributed by atoms with Gasteiger partial charge >= 0.3 is 0 Å². The molecular weight excluding hydrogens is 210 g/mol. The third kappa shape index (κ3) is 2.89. The monoisotopic (exact) mass is 231 g/mol. The second-order valence-electron chi connectivity index (χ2n) is 4.69. The number of fused-ring (bicyclic) bond motifs is 1. The second kappa shape index (κ2) is 5.37. The zero-order valence-corrected chi connectivity index (χ0v) is 10.9. The Morgan fingerprint density at radius 3 is 2.82 bits per heavy atom. The van der Waals surface area contributed by atoms with Crippen LogP contribution in [0.2, 0.25) is 0 Å². The van der Waals surface area contributed by atoms with Crippen LogP contribution in [-0.4, -0.2) is 13.1 Å². The highest BCUT2D eigenvalue weighted by Crippen LogP contribution is 2.21. The highest BCUT2D eigenvalue weighted by molar-refractivity contribution is 5.78. The molecule has 2 aromatic rings. The number of hydrogen-bond acceptors (Lipinski definition) is 2. The molecule has 1 aromatic carbocycles. The van der Waals surface area contributed by atoms with Crippen molar-refractivity contribution in [1.29, 1.82) is 0 Å². The van der Waals surface area contributed by atoms with Crippen LogP contribution in [0.4, 0.5) is 0 Å². The lowest BCUT2D eigenvalue weighted by Gasteiger charge is -2.11. The molecule has 0 saturated carbocycles. The van der Waals surface area contributed by atoms with Gasteiger partial charge in [-0.05, 0) is 45.0 Å². The Morgan fingerprint density at radius 1 is 1.29 bits per heavy atom. The maximum absolute atomic E-state index is 5.83. The first-order valence-corrected chi connectivity index (χ1v) is 6.39. The Balaban J connectivity index is 2.09. The van der Waals surface area contributed by atoms with Gasteiger partial charge in [0.2, 0.25) is 0 Å². The summed E-state index contributed by atoms with van der Waals surface area (Å²) in [5, 5.41) is 4.54. The fraction of sp³-hybridized carbons (Fsp3) is 0.467. The zero-order chi connectivity index (χ0) is 12.3. The molecule has 2 rings (SSSR count). The predicted octanol–water partition coefficient (Wildman–Crippen LogP) is 3.67. The summed E-state index contributed by atoms with van der Waals surface area (Å²) in [4.78, 5) is 0. The van der Waals surface area contributed by atoms with Crippen molar-refractivity contribution in [3.63, 3.8) is 0 Å². The average Bonchev–Trinajstić information content (AvgIpc) is 2.72. The van der Waals surface area contributed by atoms with Crippen LogP contribution < -0.4 is 5.32 Å². The smallest absolute Gasteiger partial charge is 0.134 e. The van der Waals surface area contributed by atoms with E-state index in [0.29, 0.717) is 6.04 Å². The molecule has 0 spiro atoms. The summed E-state index contributed by atoms with van der Waals surface area (Å²) in [5.74, 6) is 1.10. The summed E-state index contributed by atoms with van der Waals surface area (Å²) >= 11 is 0. The minimum absolute atomic E-state index is 0.588. The van der Waals surface area contributed by atoms with Crippen LogP contribution >= 0.6 is 0 Å². The summed E-state index contributed by atoms with van der Waals surface area (Å²) in [6.07, 6.45) is 3.30. The quantitative estimate of drug-likeness (QED) is 0.849. The number of aryl methyl sites for hydroxylation is 2. The minimum Gasteiger partial charge on any atom is -0.461 e. The largest absolute Gasteiger partial charge is 0.461 e. The van der Waals surface area contributed by atoms with Gasteiger partial charge in [-0.1, -0.05) is 18.6 Å². The number of rotatable bonds is 5. The maximum Gasteiger partial charge on any atom is 0.134 e. The Morgan fingerprint density at radius 2 is 2.12 bits per heavy atom. The normalized spacial score (nSPS) is 13.1. The number of furan rings is 1. The molecule has 1 aromatic heterocycles. The van der Waals surface area contributed by atoms with Gasteiger partial charge in [0.15, 0.2) is 0 Å². The van der Waals surface area contributed by atoms with Crippen LogP contribution in [0.15, 0.2) is 28.7 Å². The molecule has 1 N–H and O–H groups in total. The van der Waals surface area contributed by atoms with Gasteiger partial charge < -0.3 is 9.73 Å². The van der Waals surface area contributed by atoms with Crippen LogP contribution in [0.1, 0.15) is 31.1 Å². The molecular formula is C15H21NO. The van der Waals surface area contributed by atoms with Crippen molar-refractivity contribution in [3.8, 4) is 0 Å². The van der Waals surface area contributed by atoms with Gasteiger partial charge in [-0.3, -0.25) is 0 Å². The number of benzene rings is 1. The van der Waals surface area contributed by atoms with E-state index < -0.39 is 0 Å². The van der Waals surface area contributed by atoms with Gasteiger partial charge in [0, 0.05) is 17.8 Å². The third-order valence-corrected chi connectivity index (χ3v) is 3.36. The molecule has 1 atom stereocenters. The van der Waals surface area contributed by atoms with Crippen LogP contribution in [0.5, 0.6) is 0 Å². The summed E-state index contributed by atoms with van der Waals surface area (Å²) in [6.45, 7) is 4.32. The Hall–Kier alpha value is -1.28. The van der Waals surface area contributed by atoms with Crippen LogP contribution in [0.25, 0.3) is 11.0 Å². The van der Waals surface area contributed by atoms with Gasteiger partial charge in [-0.2, -0.15) is 0 Å². The zero-order valence-electron chi connectivity index (χ0n) is 10.9. The van der Waals surface area contributed by atoms with Crippen molar-refractivity contribution in [3.05, 3.63) is 35.6 Å². The molecule has 2 nitrogen and oxygen atoms in total. The average molecular weight is 231 g/mol. The van der Waals surface area contributed by atoms with Crippen molar-refractivity contribution in [2.24, 2.45) is 0 Å². The fourth-order valence-corrected chi connectivity index (χ4v) is 2.21. The Labute approximate surface area is 103 Å². The van der Waals surface area contributed by atoms with Crippen molar-refractivity contribution >= 4 is 11.0 Å². The maximum atomic E-state index is 5.83. The fourth-order valence-electron chi connectivity index (χ4n) is 2.21. The molecule has 0 amide bonds. The summed E-state index contributed by atoms with van der Waals surface area (Å²) in [7, 11) is 2.02. The van der Waals surface area contributed by atoms with E-state index in [1.54, 1.807) is 0 Å².